The topological polar surface area (TPSA) is 12.0 Å². The lowest BCUT2D eigenvalue weighted by molar-refractivity contribution is 0.364. The first-order valence-corrected chi connectivity index (χ1v) is 17.1. The Balaban J connectivity index is 1.50. The third-order valence-electron chi connectivity index (χ3n) is 10.2. The van der Waals surface area contributed by atoms with Crippen LogP contribution in [0.4, 0.5) is 0 Å². The maximum atomic E-state index is 4.45. The first kappa shape index (κ1) is 31.2. The first-order valence-electron chi connectivity index (χ1n) is 17.1. The molecule has 48 heavy (non-hydrogen) atoms. The molecule has 3 aliphatic carbocycles. The molecule has 7 rings (SSSR count). The van der Waals surface area contributed by atoms with Gasteiger partial charge in [-0.2, -0.15) is 0 Å². The molecule has 1 atom stereocenters. The molecule has 1 unspecified atom stereocenters. The molecule has 236 valence electrons. The number of benzene rings is 4. The lowest BCUT2D eigenvalue weighted by Gasteiger charge is -2.49. The number of rotatable bonds is 8. The van der Waals surface area contributed by atoms with Crippen LogP contribution in [0.25, 0.3) is 16.7 Å². The number of hydrogen-bond acceptors (Lipinski definition) is 1. The minimum Gasteiger partial charge on any atom is -0.356 e. The van der Waals surface area contributed by atoms with Crippen molar-refractivity contribution in [3.63, 3.8) is 0 Å². The second kappa shape index (κ2) is 13.0. The van der Waals surface area contributed by atoms with Crippen molar-refractivity contribution in [3.05, 3.63) is 221 Å². The molecule has 0 fully saturated rings. The van der Waals surface area contributed by atoms with Crippen LogP contribution in [0.1, 0.15) is 59.7 Å². The Kier molecular flexibility index (Phi) is 8.46. The van der Waals surface area contributed by atoms with Gasteiger partial charge in [-0.1, -0.05) is 152 Å². The molecule has 0 saturated heterocycles. The fraction of sp³-hybridized carbons (Fsp3) is 0.149. The predicted octanol–water partition coefficient (Wildman–Crippen LogP) is 11.4. The van der Waals surface area contributed by atoms with Gasteiger partial charge in [0, 0.05) is 16.8 Å². The predicted molar refractivity (Wildman–Crippen MR) is 205 cm³/mol. The van der Waals surface area contributed by atoms with Crippen molar-refractivity contribution >= 4 is 5.57 Å². The van der Waals surface area contributed by atoms with Gasteiger partial charge >= 0.3 is 0 Å². The minimum absolute atomic E-state index is 0.223. The van der Waals surface area contributed by atoms with Crippen molar-refractivity contribution < 1.29 is 0 Å². The quantitative estimate of drug-likeness (QED) is 0.193. The van der Waals surface area contributed by atoms with E-state index in [0.29, 0.717) is 0 Å². The molecule has 4 aromatic carbocycles. The maximum absolute atomic E-state index is 4.45. The van der Waals surface area contributed by atoms with E-state index < -0.39 is 5.41 Å². The highest BCUT2D eigenvalue weighted by atomic mass is 14.9. The van der Waals surface area contributed by atoms with Gasteiger partial charge < -0.3 is 5.32 Å². The number of nitrogens with one attached hydrogen (secondary N) is 1. The van der Waals surface area contributed by atoms with Crippen molar-refractivity contribution in [2.45, 2.75) is 39.0 Å². The SMILES string of the molecule is C=C(/C=C(\C=C/C)c1cccc2c1Cc1ccccc1C21c2c(cccc2-c2ccccc2)CC12C=CC=C2)NC(/C=C\C)=C/C=C\C. The van der Waals surface area contributed by atoms with Crippen LogP contribution in [0.15, 0.2) is 182 Å². The van der Waals surface area contributed by atoms with Crippen LogP contribution in [0, 0.1) is 5.41 Å². The molecular weight excluding hydrogens is 579 g/mol. The molecule has 4 aromatic rings. The molecule has 1 heteroatoms. The molecule has 0 heterocycles. The summed E-state index contributed by atoms with van der Waals surface area (Å²) >= 11 is 0. The summed E-state index contributed by atoms with van der Waals surface area (Å²) in [6, 6.07) is 34.1. The van der Waals surface area contributed by atoms with Gasteiger partial charge in [-0.3, -0.25) is 0 Å². The molecule has 0 radical (unpaired) electrons. The zero-order valence-electron chi connectivity index (χ0n) is 28.2. The summed E-state index contributed by atoms with van der Waals surface area (Å²) in [6.07, 6.45) is 28.1. The maximum Gasteiger partial charge on any atom is 0.0594 e. The Morgan fingerprint density at radius 2 is 1.44 bits per heavy atom. The van der Waals surface area contributed by atoms with E-state index in [1.54, 1.807) is 0 Å². The van der Waals surface area contributed by atoms with Gasteiger partial charge in [0.1, 0.15) is 0 Å². The largest absolute Gasteiger partial charge is 0.356 e. The van der Waals surface area contributed by atoms with E-state index in [1.807, 2.05) is 32.1 Å². The van der Waals surface area contributed by atoms with Crippen molar-refractivity contribution in [1.29, 1.82) is 0 Å². The number of fused-ring (bicyclic) bond motifs is 7. The summed E-state index contributed by atoms with van der Waals surface area (Å²) in [6.45, 7) is 10.6. The van der Waals surface area contributed by atoms with Crippen LogP contribution in [0.3, 0.4) is 0 Å². The highest BCUT2D eigenvalue weighted by molar-refractivity contribution is 5.84. The Labute approximate surface area is 286 Å². The standard InChI is InChI=1S/C47H43N/c1-5-8-24-39(19-7-3)48-34(4)31-36(18-6-2)40-25-17-28-44-42(40)32-37-22-12-13-27-43(37)47(44)45-38(33-46(47)29-14-15-30-46)23-16-26-41(45)35-20-10-9-11-21-35/h5-31,48H,4,32-33H2,1-3H3/b8-5-,18-6-,19-7-,36-31+,39-24+. The van der Waals surface area contributed by atoms with Crippen LogP contribution in [-0.4, -0.2) is 0 Å². The molecule has 0 saturated carbocycles. The number of hydrogen-bond donors (Lipinski definition) is 1. The molecule has 0 amide bonds. The van der Waals surface area contributed by atoms with E-state index in [-0.39, 0.29) is 5.41 Å². The Morgan fingerprint density at radius 1 is 0.729 bits per heavy atom. The average molecular weight is 622 g/mol. The molecule has 1 N–H and O–H groups in total. The Hall–Kier alpha value is -5.40. The van der Waals surface area contributed by atoms with Gasteiger partial charge in [-0.15, -0.1) is 0 Å². The zero-order valence-corrected chi connectivity index (χ0v) is 28.2. The van der Waals surface area contributed by atoms with E-state index in [2.05, 4.69) is 164 Å². The highest BCUT2D eigenvalue weighted by Crippen LogP contribution is 2.66. The lowest BCUT2D eigenvalue weighted by atomic mass is 9.52. The van der Waals surface area contributed by atoms with Gasteiger partial charge in [-0.05, 0) is 107 Å². The normalized spacial score (nSPS) is 19.1. The van der Waals surface area contributed by atoms with Gasteiger partial charge in [0.15, 0.2) is 0 Å². The molecular formula is C47H43N. The molecule has 0 aromatic heterocycles. The molecule has 0 aliphatic heterocycles. The molecule has 0 bridgehead atoms. The van der Waals surface area contributed by atoms with Crippen LogP contribution in [0.2, 0.25) is 0 Å². The smallest absolute Gasteiger partial charge is 0.0594 e. The first-order chi connectivity index (χ1) is 23.6. The second-order valence-corrected chi connectivity index (χ2v) is 13.0. The van der Waals surface area contributed by atoms with E-state index in [1.165, 1.54) is 50.1 Å². The highest BCUT2D eigenvalue weighted by Gasteiger charge is 2.61. The molecule has 2 spiro atoms. The minimum atomic E-state index is -0.400. The lowest BCUT2D eigenvalue weighted by Crippen LogP contribution is -2.45. The second-order valence-electron chi connectivity index (χ2n) is 13.0. The third-order valence-corrected chi connectivity index (χ3v) is 10.2. The number of allylic oxidation sites excluding steroid dienone is 13. The summed E-state index contributed by atoms with van der Waals surface area (Å²) in [5.74, 6) is 0. The van der Waals surface area contributed by atoms with E-state index >= 15 is 0 Å². The zero-order chi connectivity index (χ0) is 33.1. The summed E-state index contributed by atoms with van der Waals surface area (Å²) in [5.41, 5.74) is 14.6. The summed E-state index contributed by atoms with van der Waals surface area (Å²) < 4.78 is 0. The fourth-order valence-electron chi connectivity index (χ4n) is 8.48. The van der Waals surface area contributed by atoms with E-state index in [0.717, 1.165) is 29.8 Å². The molecule has 1 nitrogen and oxygen atoms in total. The summed E-state index contributed by atoms with van der Waals surface area (Å²) in [5, 5.41) is 3.53. The van der Waals surface area contributed by atoms with Gasteiger partial charge in [0.05, 0.1) is 5.41 Å². The summed E-state index contributed by atoms with van der Waals surface area (Å²) in [7, 11) is 0. The van der Waals surface area contributed by atoms with Crippen LogP contribution < -0.4 is 5.32 Å². The van der Waals surface area contributed by atoms with Crippen molar-refractivity contribution in [1.82, 2.24) is 5.32 Å². The Morgan fingerprint density at radius 3 is 2.21 bits per heavy atom. The van der Waals surface area contributed by atoms with Gasteiger partial charge in [-0.25, -0.2) is 0 Å². The average Bonchev–Trinajstić information content (AvgIpc) is 3.70. The molecule has 3 aliphatic rings. The van der Waals surface area contributed by atoms with Gasteiger partial charge in [0.25, 0.3) is 0 Å². The Bertz CT molecular complexity index is 2080. The van der Waals surface area contributed by atoms with E-state index in [9.17, 15) is 0 Å². The van der Waals surface area contributed by atoms with Crippen LogP contribution in [0.5, 0.6) is 0 Å². The summed E-state index contributed by atoms with van der Waals surface area (Å²) in [4.78, 5) is 0. The monoisotopic (exact) mass is 621 g/mol. The van der Waals surface area contributed by atoms with Crippen LogP contribution in [-0.2, 0) is 18.3 Å². The van der Waals surface area contributed by atoms with Gasteiger partial charge in [0.2, 0.25) is 0 Å². The fourth-order valence-corrected chi connectivity index (χ4v) is 8.48. The van der Waals surface area contributed by atoms with Crippen molar-refractivity contribution in [3.8, 4) is 11.1 Å². The van der Waals surface area contributed by atoms with Crippen LogP contribution >= 0.6 is 0 Å². The van der Waals surface area contributed by atoms with Crippen molar-refractivity contribution in [2.24, 2.45) is 5.41 Å². The van der Waals surface area contributed by atoms with E-state index in [4.69, 9.17) is 0 Å². The van der Waals surface area contributed by atoms with Crippen molar-refractivity contribution in [2.75, 3.05) is 0 Å². The third kappa shape index (κ3) is 5.02.